The number of anilines is 2. The summed E-state index contributed by atoms with van der Waals surface area (Å²) in [5, 5.41) is 19.3. The van der Waals surface area contributed by atoms with Crippen molar-refractivity contribution in [3.8, 4) is 0 Å². The van der Waals surface area contributed by atoms with E-state index < -0.39 is 10.7 Å². The van der Waals surface area contributed by atoms with Gasteiger partial charge in [-0.2, -0.15) is 4.98 Å². The number of amides is 1. The van der Waals surface area contributed by atoms with Gasteiger partial charge in [0.2, 0.25) is 17.7 Å². The van der Waals surface area contributed by atoms with Gasteiger partial charge in [0, 0.05) is 26.6 Å². The quantitative estimate of drug-likeness (QED) is 0.364. The monoisotopic (exact) mass is 382 g/mol. The van der Waals surface area contributed by atoms with Crippen molar-refractivity contribution in [2.24, 2.45) is 0 Å². The molecule has 1 aromatic heterocycles. The van der Waals surface area contributed by atoms with Gasteiger partial charge in [-0.3, -0.25) is 14.9 Å². The SMILES string of the molecule is CC(=O)NCCNc1nc(NCc2ccc(Cl)c(F)c2)ncc1[N+](=O)[O-]. The van der Waals surface area contributed by atoms with Gasteiger partial charge in [-0.25, -0.2) is 9.37 Å². The zero-order chi connectivity index (χ0) is 19.1. The fourth-order valence-corrected chi connectivity index (χ4v) is 2.09. The molecular weight excluding hydrogens is 367 g/mol. The van der Waals surface area contributed by atoms with E-state index in [4.69, 9.17) is 11.6 Å². The maximum Gasteiger partial charge on any atom is 0.329 e. The molecule has 2 aromatic rings. The Labute approximate surface area is 153 Å². The maximum atomic E-state index is 13.4. The van der Waals surface area contributed by atoms with Crippen molar-refractivity contribution in [1.29, 1.82) is 0 Å². The lowest BCUT2D eigenvalue weighted by atomic mass is 10.2. The largest absolute Gasteiger partial charge is 0.362 e. The summed E-state index contributed by atoms with van der Waals surface area (Å²) >= 11 is 5.63. The Balaban J connectivity index is 2.06. The minimum atomic E-state index is -0.612. The maximum absolute atomic E-state index is 13.4. The van der Waals surface area contributed by atoms with Gasteiger partial charge >= 0.3 is 5.69 Å². The summed E-state index contributed by atoms with van der Waals surface area (Å²) in [6.45, 7) is 2.11. The second-order valence-corrected chi connectivity index (χ2v) is 5.60. The lowest BCUT2D eigenvalue weighted by Gasteiger charge is -2.09. The van der Waals surface area contributed by atoms with Gasteiger partial charge in [-0.15, -0.1) is 0 Å². The van der Waals surface area contributed by atoms with Crippen LogP contribution in [0.15, 0.2) is 24.4 Å². The highest BCUT2D eigenvalue weighted by molar-refractivity contribution is 6.30. The first-order valence-electron chi connectivity index (χ1n) is 7.54. The Morgan fingerprint density at radius 1 is 1.35 bits per heavy atom. The van der Waals surface area contributed by atoms with Crippen LogP contribution in [0.1, 0.15) is 12.5 Å². The normalized spacial score (nSPS) is 10.3. The fraction of sp³-hybridized carbons (Fsp3) is 0.267. The summed E-state index contributed by atoms with van der Waals surface area (Å²) in [4.78, 5) is 29.2. The first-order chi connectivity index (χ1) is 12.4. The van der Waals surface area contributed by atoms with Gasteiger partial charge in [0.15, 0.2) is 0 Å². The van der Waals surface area contributed by atoms with E-state index in [1.807, 2.05) is 0 Å². The summed E-state index contributed by atoms with van der Waals surface area (Å²) in [5.74, 6) is -0.606. The summed E-state index contributed by atoms with van der Waals surface area (Å²) in [7, 11) is 0. The van der Waals surface area contributed by atoms with E-state index in [1.54, 1.807) is 6.07 Å². The molecule has 138 valence electrons. The molecule has 0 saturated heterocycles. The molecule has 2 rings (SSSR count). The van der Waals surface area contributed by atoms with Gasteiger partial charge < -0.3 is 16.0 Å². The number of benzene rings is 1. The second-order valence-electron chi connectivity index (χ2n) is 5.20. The average molecular weight is 383 g/mol. The number of carbonyl (C=O) groups is 1. The van der Waals surface area contributed by atoms with Crippen molar-refractivity contribution in [1.82, 2.24) is 15.3 Å². The van der Waals surface area contributed by atoms with E-state index in [-0.39, 0.29) is 48.0 Å². The summed E-state index contributed by atoms with van der Waals surface area (Å²) in [5.41, 5.74) is 0.310. The van der Waals surface area contributed by atoms with Gasteiger partial charge in [-0.1, -0.05) is 17.7 Å². The summed E-state index contributed by atoms with van der Waals surface area (Å²) in [6.07, 6.45) is 1.07. The number of rotatable bonds is 8. The number of hydrogen-bond acceptors (Lipinski definition) is 7. The van der Waals surface area contributed by atoms with Crippen LogP contribution in [0.2, 0.25) is 5.02 Å². The number of nitrogens with one attached hydrogen (secondary N) is 3. The molecule has 1 amide bonds. The number of carbonyl (C=O) groups excluding carboxylic acids is 1. The first-order valence-corrected chi connectivity index (χ1v) is 7.92. The molecule has 1 heterocycles. The van der Waals surface area contributed by atoms with E-state index in [0.717, 1.165) is 6.20 Å². The minimum Gasteiger partial charge on any atom is -0.362 e. The van der Waals surface area contributed by atoms with E-state index in [0.29, 0.717) is 5.56 Å². The Bertz CT molecular complexity index is 820. The molecule has 0 aliphatic heterocycles. The van der Waals surface area contributed by atoms with E-state index in [2.05, 4.69) is 25.9 Å². The lowest BCUT2D eigenvalue weighted by Crippen LogP contribution is -2.26. The van der Waals surface area contributed by atoms with Gasteiger partial charge in [0.25, 0.3) is 0 Å². The van der Waals surface area contributed by atoms with Crippen LogP contribution >= 0.6 is 11.6 Å². The van der Waals surface area contributed by atoms with Crippen molar-refractivity contribution in [2.45, 2.75) is 13.5 Å². The number of nitrogens with zero attached hydrogens (tertiary/aromatic N) is 3. The van der Waals surface area contributed by atoms with Crippen LogP contribution in [0.5, 0.6) is 0 Å². The first kappa shape index (κ1) is 19.3. The highest BCUT2D eigenvalue weighted by atomic mass is 35.5. The van der Waals surface area contributed by atoms with Crippen molar-refractivity contribution in [2.75, 3.05) is 23.7 Å². The minimum absolute atomic E-state index is 0.0140. The molecule has 0 atom stereocenters. The zero-order valence-corrected chi connectivity index (χ0v) is 14.5. The Morgan fingerprint density at radius 2 is 2.12 bits per heavy atom. The lowest BCUT2D eigenvalue weighted by molar-refractivity contribution is -0.384. The van der Waals surface area contributed by atoms with Crippen molar-refractivity contribution in [3.63, 3.8) is 0 Å². The van der Waals surface area contributed by atoms with E-state index in [9.17, 15) is 19.3 Å². The van der Waals surface area contributed by atoms with E-state index in [1.165, 1.54) is 19.1 Å². The van der Waals surface area contributed by atoms with Crippen LogP contribution < -0.4 is 16.0 Å². The number of halogens is 2. The highest BCUT2D eigenvalue weighted by Crippen LogP contribution is 2.22. The predicted molar refractivity (Wildman–Crippen MR) is 94.6 cm³/mol. The zero-order valence-electron chi connectivity index (χ0n) is 13.8. The molecule has 0 saturated carbocycles. The van der Waals surface area contributed by atoms with Gasteiger partial charge in [0.05, 0.1) is 9.95 Å². The van der Waals surface area contributed by atoms with Crippen LogP contribution in [-0.4, -0.2) is 33.9 Å². The molecule has 0 aliphatic carbocycles. The summed E-state index contributed by atoms with van der Waals surface area (Å²) < 4.78 is 13.4. The molecule has 1 aromatic carbocycles. The standard InChI is InChI=1S/C15H16ClFN6O3/c1-9(24)18-4-5-19-14-13(23(25)26)8-21-15(22-14)20-7-10-2-3-11(16)12(17)6-10/h2-3,6,8H,4-5,7H2,1H3,(H,18,24)(H2,19,20,21,22). The molecule has 26 heavy (non-hydrogen) atoms. The smallest absolute Gasteiger partial charge is 0.329 e. The van der Waals surface area contributed by atoms with Gasteiger partial charge in [-0.05, 0) is 17.7 Å². The molecular formula is C15H16ClFN6O3. The molecule has 0 radical (unpaired) electrons. The molecule has 11 heteroatoms. The summed E-state index contributed by atoms with van der Waals surface area (Å²) in [6, 6.07) is 4.34. The molecule has 9 nitrogen and oxygen atoms in total. The molecule has 0 bridgehead atoms. The third-order valence-corrected chi connectivity index (χ3v) is 3.50. The number of nitro groups is 1. The van der Waals surface area contributed by atoms with Crippen LogP contribution in [-0.2, 0) is 11.3 Å². The Hall–Kier alpha value is -3.01. The Kier molecular flexibility index (Phi) is 6.61. The third kappa shape index (κ3) is 5.52. The topological polar surface area (TPSA) is 122 Å². The molecule has 0 aliphatic rings. The van der Waals surface area contributed by atoms with Crippen molar-refractivity contribution < 1.29 is 14.1 Å². The fourth-order valence-electron chi connectivity index (χ4n) is 1.97. The van der Waals surface area contributed by atoms with Crippen LogP contribution in [0.4, 0.5) is 21.8 Å². The molecule has 0 spiro atoms. The van der Waals surface area contributed by atoms with Crippen molar-refractivity contribution >= 4 is 35.0 Å². The highest BCUT2D eigenvalue weighted by Gasteiger charge is 2.17. The Morgan fingerprint density at radius 3 is 2.77 bits per heavy atom. The molecule has 3 N–H and O–H groups in total. The van der Waals surface area contributed by atoms with Crippen LogP contribution in [0, 0.1) is 15.9 Å². The van der Waals surface area contributed by atoms with Crippen LogP contribution in [0.3, 0.4) is 0 Å². The average Bonchev–Trinajstić information content (AvgIpc) is 2.59. The second kappa shape index (κ2) is 8.90. The van der Waals surface area contributed by atoms with Gasteiger partial charge in [0.1, 0.15) is 12.0 Å². The van der Waals surface area contributed by atoms with Crippen LogP contribution in [0.25, 0.3) is 0 Å². The predicted octanol–water partition coefficient (Wildman–Crippen LogP) is 2.34. The third-order valence-electron chi connectivity index (χ3n) is 3.19. The van der Waals surface area contributed by atoms with Crippen molar-refractivity contribution in [3.05, 3.63) is 50.9 Å². The molecule has 0 unspecified atom stereocenters. The number of hydrogen-bond donors (Lipinski definition) is 3. The van der Waals surface area contributed by atoms with E-state index >= 15 is 0 Å². The molecule has 0 fully saturated rings. The number of aromatic nitrogens is 2.